The van der Waals surface area contributed by atoms with Crippen LogP contribution in [-0.4, -0.2) is 6.61 Å². The van der Waals surface area contributed by atoms with Crippen molar-refractivity contribution >= 4 is 0 Å². The number of halogens is 1. The van der Waals surface area contributed by atoms with Gasteiger partial charge in [-0.25, -0.2) is 4.39 Å². The highest BCUT2D eigenvalue weighted by molar-refractivity contribution is 5.70. The van der Waals surface area contributed by atoms with E-state index in [-0.39, 0.29) is 5.82 Å². The second-order valence-electron chi connectivity index (χ2n) is 4.90. The van der Waals surface area contributed by atoms with E-state index in [9.17, 15) is 4.39 Å². The lowest BCUT2D eigenvalue weighted by atomic mass is 10.0. The van der Waals surface area contributed by atoms with E-state index in [0.29, 0.717) is 6.61 Å². The molecule has 1 aliphatic carbocycles. The first kappa shape index (κ1) is 13.6. The maximum absolute atomic E-state index is 13.0. The van der Waals surface area contributed by atoms with Crippen molar-refractivity contribution in [2.24, 2.45) is 0 Å². The van der Waals surface area contributed by atoms with Gasteiger partial charge in [-0.3, -0.25) is 0 Å². The fourth-order valence-corrected chi connectivity index (χ4v) is 2.29. The van der Waals surface area contributed by atoms with Crippen LogP contribution < -0.4 is 4.74 Å². The minimum Gasteiger partial charge on any atom is -0.488 e. The number of rotatable bonds is 4. The van der Waals surface area contributed by atoms with Crippen LogP contribution in [0.5, 0.6) is 5.75 Å². The van der Waals surface area contributed by atoms with Gasteiger partial charge in [-0.05, 0) is 42.2 Å². The molecule has 0 aromatic heterocycles. The third kappa shape index (κ3) is 3.40. The normalized spacial score (nSPS) is 13.9. The van der Waals surface area contributed by atoms with E-state index in [4.69, 9.17) is 4.74 Å². The Morgan fingerprint density at radius 2 is 1.81 bits per heavy atom. The molecule has 3 rings (SSSR count). The second kappa shape index (κ2) is 6.40. The summed E-state index contributed by atoms with van der Waals surface area (Å²) in [5.74, 6) is 0.582. The van der Waals surface area contributed by atoms with Gasteiger partial charge in [0, 0.05) is 5.56 Å². The van der Waals surface area contributed by atoms with Crippen LogP contribution in [0.15, 0.2) is 72.3 Å². The zero-order chi connectivity index (χ0) is 14.5. The molecule has 1 radical (unpaired) electrons. The monoisotopic (exact) mass is 279 g/mol. The van der Waals surface area contributed by atoms with Crippen molar-refractivity contribution in [1.29, 1.82) is 0 Å². The van der Waals surface area contributed by atoms with Crippen molar-refractivity contribution in [1.82, 2.24) is 0 Å². The number of benzene rings is 2. The van der Waals surface area contributed by atoms with Gasteiger partial charge in [-0.1, -0.05) is 48.6 Å². The van der Waals surface area contributed by atoms with Crippen molar-refractivity contribution in [3.8, 4) is 16.9 Å². The Hall–Kier alpha value is -2.35. The molecule has 0 aliphatic heterocycles. The van der Waals surface area contributed by atoms with Gasteiger partial charge in [0.15, 0.2) is 0 Å². The Morgan fingerprint density at radius 3 is 2.57 bits per heavy atom. The Kier molecular flexibility index (Phi) is 4.15. The number of allylic oxidation sites excluding steroid dienone is 2. The highest BCUT2D eigenvalue weighted by atomic mass is 19.1. The summed E-state index contributed by atoms with van der Waals surface area (Å²) in [6, 6.07) is 14.3. The molecule has 0 saturated carbocycles. The van der Waals surface area contributed by atoms with E-state index < -0.39 is 0 Å². The first-order valence-corrected chi connectivity index (χ1v) is 6.99. The van der Waals surface area contributed by atoms with Crippen molar-refractivity contribution in [3.63, 3.8) is 0 Å². The van der Waals surface area contributed by atoms with Gasteiger partial charge < -0.3 is 4.74 Å². The van der Waals surface area contributed by atoms with Crippen LogP contribution in [0.4, 0.5) is 4.39 Å². The summed E-state index contributed by atoms with van der Waals surface area (Å²) in [5.41, 5.74) is 3.10. The van der Waals surface area contributed by atoms with Gasteiger partial charge in [0.25, 0.3) is 0 Å². The largest absolute Gasteiger partial charge is 0.488 e. The Bertz CT molecular complexity index is 668. The Morgan fingerprint density at radius 1 is 1.00 bits per heavy atom. The minimum absolute atomic E-state index is 0.231. The van der Waals surface area contributed by atoms with Gasteiger partial charge in [0.1, 0.15) is 18.2 Å². The smallest absolute Gasteiger partial charge is 0.127 e. The molecule has 0 atom stereocenters. The van der Waals surface area contributed by atoms with Crippen LogP contribution in [0.1, 0.15) is 6.42 Å². The summed E-state index contributed by atoms with van der Waals surface area (Å²) in [6.45, 7) is 0.544. The molecule has 21 heavy (non-hydrogen) atoms. The van der Waals surface area contributed by atoms with Crippen LogP contribution in [0.25, 0.3) is 11.1 Å². The average Bonchev–Trinajstić information content (AvgIpc) is 2.55. The van der Waals surface area contributed by atoms with Crippen LogP contribution in [0, 0.1) is 12.2 Å². The lowest BCUT2D eigenvalue weighted by molar-refractivity contribution is 0.356. The summed E-state index contributed by atoms with van der Waals surface area (Å²) in [5, 5.41) is 0. The summed E-state index contributed by atoms with van der Waals surface area (Å²) < 4.78 is 19.0. The lowest BCUT2D eigenvalue weighted by Gasteiger charge is -2.13. The Balaban J connectivity index is 1.81. The zero-order valence-electron chi connectivity index (χ0n) is 11.6. The van der Waals surface area contributed by atoms with E-state index in [1.807, 2.05) is 30.3 Å². The Labute approximate surface area is 124 Å². The first-order chi connectivity index (χ1) is 10.3. The van der Waals surface area contributed by atoms with E-state index >= 15 is 0 Å². The lowest BCUT2D eigenvalue weighted by Crippen LogP contribution is -2.02. The molecule has 2 heteroatoms. The predicted octanol–water partition coefficient (Wildman–Crippen LogP) is 4.96. The fourth-order valence-electron chi connectivity index (χ4n) is 2.29. The second-order valence-corrected chi connectivity index (χ2v) is 4.90. The number of hydrogen-bond donors (Lipinski definition) is 0. The van der Waals surface area contributed by atoms with E-state index in [2.05, 4.69) is 18.6 Å². The quantitative estimate of drug-likeness (QED) is 0.768. The summed E-state index contributed by atoms with van der Waals surface area (Å²) in [7, 11) is 0. The van der Waals surface area contributed by atoms with Crippen LogP contribution in [-0.2, 0) is 0 Å². The van der Waals surface area contributed by atoms with Gasteiger partial charge in [-0.15, -0.1) is 0 Å². The zero-order valence-corrected chi connectivity index (χ0v) is 11.6. The molecule has 0 bridgehead atoms. The van der Waals surface area contributed by atoms with Crippen molar-refractivity contribution in [2.45, 2.75) is 6.42 Å². The third-order valence-corrected chi connectivity index (χ3v) is 3.40. The third-order valence-electron chi connectivity index (χ3n) is 3.40. The molecule has 0 unspecified atom stereocenters. The van der Waals surface area contributed by atoms with E-state index in [0.717, 1.165) is 23.3 Å². The highest BCUT2D eigenvalue weighted by Gasteiger charge is 2.07. The minimum atomic E-state index is -0.231. The molecule has 0 saturated heterocycles. The molecule has 0 fully saturated rings. The summed E-state index contributed by atoms with van der Waals surface area (Å²) in [6.07, 6.45) is 9.32. The fraction of sp³-hybridized carbons (Fsp3) is 0.105. The molecule has 105 valence electrons. The number of para-hydroxylation sites is 1. The molecule has 0 heterocycles. The van der Waals surface area contributed by atoms with E-state index in [1.165, 1.54) is 17.7 Å². The number of ether oxygens (including phenoxy) is 1. The van der Waals surface area contributed by atoms with Crippen LogP contribution in [0.2, 0.25) is 0 Å². The maximum Gasteiger partial charge on any atom is 0.127 e. The number of hydrogen-bond acceptors (Lipinski definition) is 1. The van der Waals surface area contributed by atoms with Crippen LogP contribution in [0.3, 0.4) is 0 Å². The molecule has 0 amide bonds. The van der Waals surface area contributed by atoms with Gasteiger partial charge in [0.2, 0.25) is 0 Å². The van der Waals surface area contributed by atoms with Crippen molar-refractivity contribution in [3.05, 3.63) is 84.6 Å². The molecule has 2 aromatic carbocycles. The average molecular weight is 279 g/mol. The molecule has 2 aromatic rings. The van der Waals surface area contributed by atoms with Crippen LogP contribution >= 0.6 is 0 Å². The molecule has 0 spiro atoms. The van der Waals surface area contributed by atoms with Crippen molar-refractivity contribution < 1.29 is 9.13 Å². The summed E-state index contributed by atoms with van der Waals surface area (Å²) >= 11 is 0. The van der Waals surface area contributed by atoms with Gasteiger partial charge in [0.05, 0.1) is 0 Å². The van der Waals surface area contributed by atoms with E-state index in [1.54, 1.807) is 12.1 Å². The molecule has 0 N–H and O–H groups in total. The standard InChI is InChI=1S/C19H16FO/c20-17-12-10-16(11-13-17)18-8-4-5-9-19(18)21-14-15-6-2-1-3-7-15/h1-2,4-13H,3,14H2. The molecular weight excluding hydrogens is 263 g/mol. The maximum atomic E-state index is 13.0. The predicted molar refractivity (Wildman–Crippen MR) is 83.5 cm³/mol. The topological polar surface area (TPSA) is 9.23 Å². The van der Waals surface area contributed by atoms with Gasteiger partial charge in [-0.2, -0.15) is 0 Å². The SMILES string of the molecule is Fc1ccc(-c2ccccc2OCC2=CC[CH]C=C2)cc1. The van der Waals surface area contributed by atoms with Crippen molar-refractivity contribution in [2.75, 3.05) is 6.61 Å². The molecular formula is C19H16FO. The van der Waals surface area contributed by atoms with Gasteiger partial charge >= 0.3 is 0 Å². The highest BCUT2D eigenvalue weighted by Crippen LogP contribution is 2.30. The first-order valence-electron chi connectivity index (χ1n) is 6.99. The summed E-state index contributed by atoms with van der Waals surface area (Å²) in [4.78, 5) is 0. The molecule has 1 aliphatic rings. The molecule has 1 nitrogen and oxygen atoms in total.